The number of carboxylic acids is 1. The maximum atomic E-state index is 10.8. The van der Waals surface area contributed by atoms with Gasteiger partial charge in [0.2, 0.25) is 0 Å². The van der Waals surface area contributed by atoms with Crippen molar-refractivity contribution in [1.82, 2.24) is 9.97 Å². The zero-order valence-electron chi connectivity index (χ0n) is 9.79. The second kappa shape index (κ2) is 5.97. The summed E-state index contributed by atoms with van der Waals surface area (Å²) >= 11 is 3.22. The van der Waals surface area contributed by atoms with E-state index < -0.39 is 5.97 Å². The van der Waals surface area contributed by atoms with Crippen LogP contribution in [0.25, 0.3) is 0 Å². The summed E-state index contributed by atoms with van der Waals surface area (Å²) in [7, 11) is 0. The third-order valence-electron chi connectivity index (χ3n) is 2.41. The number of thiazole rings is 1. The van der Waals surface area contributed by atoms with E-state index in [1.54, 1.807) is 29.2 Å². The first-order valence-corrected chi connectivity index (χ1v) is 7.24. The van der Waals surface area contributed by atoms with Crippen LogP contribution < -0.4 is 0 Å². The molecule has 0 bridgehead atoms. The van der Waals surface area contributed by atoms with Gasteiger partial charge in [-0.2, -0.15) is 0 Å². The lowest BCUT2D eigenvalue weighted by Gasteiger charge is -2.01. The quantitative estimate of drug-likeness (QED) is 0.853. The molecule has 4 nitrogen and oxygen atoms in total. The summed E-state index contributed by atoms with van der Waals surface area (Å²) in [4.78, 5) is 20.4. The first kappa shape index (κ1) is 13.0. The molecule has 2 heterocycles. The Morgan fingerprint density at radius 3 is 3.00 bits per heavy atom. The van der Waals surface area contributed by atoms with Crippen LogP contribution in [0, 0.1) is 6.92 Å². The zero-order chi connectivity index (χ0) is 13.0. The number of hydrogen-bond acceptors (Lipinski definition) is 5. The Balaban J connectivity index is 1.92. The highest BCUT2D eigenvalue weighted by atomic mass is 32.2. The Morgan fingerprint density at radius 2 is 2.33 bits per heavy atom. The van der Waals surface area contributed by atoms with Gasteiger partial charge in [-0.05, 0) is 25.5 Å². The number of hydrogen-bond donors (Lipinski definition) is 1. The topological polar surface area (TPSA) is 63.1 Å². The fourth-order valence-electron chi connectivity index (χ4n) is 1.44. The van der Waals surface area contributed by atoms with Crippen molar-refractivity contribution in [2.75, 3.05) is 5.75 Å². The second-order valence-corrected chi connectivity index (χ2v) is 5.70. The summed E-state index contributed by atoms with van der Waals surface area (Å²) in [5.74, 6) is -0.0448. The first-order chi connectivity index (χ1) is 8.66. The first-order valence-electron chi connectivity index (χ1n) is 5.38. The fraction of sp³-hybridized carbons (Fsp3) is 0.250. The van der Waals surface area contributed by atoms with E-state index in [0.717, 1.165) is 22.9 Å². The van der Waals surface area contributed by atoms with Crippen molar-refractivity contribution in [3.63, 3.8) is 0 Å². The van der Waals surface area contributed by atoms with Crippen molar-refractivity contribution >= 4 is 29.1 Å². The van der Waals surface area contributed by atoms with Crippen LogP contribution in [0.2, 0.25) is 0 Å². The van der Waals surface area contributed by atoms with Crippen LogP contribution in [0.4, 0.5) is 0 Å². The van der Waals surface area contributed by atoms with Gasteiger partial charge in [-0.15, -0.1) is 23.1 Å². The highest BCUT2D eigenvalue weighted by Gasteiger charge is 2.06. The van der Waals surface area contributed by atoms with Crippen molar-refractivity contribution in [3.8, 4) is 0 Å². The van der Waals surface area contributed by atoms with Gasteiger partial charge in [0.15, 0.2) is 0 Å². The van der Waals surface area contributed by atoms with Crippen molar-refractivity contribution in [2.24, 2.45) is 0 Å². The molecule has 0 fully saturated rings. The van der Waals surface area contributed by atoms with E-state index >= 15 is 0 Å². The lowest BCUT2D eigenvalue weighted by Crippen LogP contribution is -1.97. The normalized spacial score (nSPS) is 10.5. The fourth-order valence-corrected chi connectivity index (χ4v) is 3.21. The van der Waals surface area contributed by atoms with Crippen LogP contribution in [0.5, 0.6) is 0 Å². The van der Waals surface area contributed by atoms with Gasteiger partial charge in [-0.3, -0.25) is 0 Å². The summed E-state index contributed by atoms with van der Waals surface area (Å²) < 4.78 is 0. The molecule has 18 heavy (non-hydrogen) atoms. The summed E-state index contributed by atoms with van der Waals surface area (Å²) in [6, 6.07) is 3.10. The van der Waals surface area contributed by atoms with E-state index in [1.165, 1.54) is 17.1 Å². The van der Waals surface area contributed by atoms with Gasteiger partial charge in [-0.1, -0.05) is 0 Å². The monoisotopic (exact) mass is 280 g/mol. The lowest BCUT2D eigenvalue weighted by molar-refractivity contribution is 0.0696. The number of rotatable bonds is 5. The molecular weight excluding hydrogens is 268 g/mol. The molecule has 2 aromatic heterocycles. The number of carboxylic acid groups (broad SMARTS) is 1. The van der Waals surface area contributed by atoms with Gasteiger partial charge in [0.25, 0.3) is 0 Å². The summed E-state index contributed by atoms with van der Waals surface area (Å²) in [5, 5.41) is 9.62. The number of thioether (sulfide) groups is 1. The van der Waals surface area contributed by atoms with Crippen molar-refractivity contribution in [2.45, 2.75) is 18.4 Å². The lowest BCUT2D eigenvalue weighted by atomic mass is 10.3. The zero-order valence-corrected chi connectivity index (χ0v) is 11.4. The van der Waals surface area contributed by atoms with Gasteiger partial charge in [0.1, 0.15) is 0 Å². The van der Waals surface area contributed by atoms with Gasteiger partial charge < -0.3 is 5.11 Å². The summed E-state index contributed by atoms with van der Waals surface area (Å²) in [5.41, 5.74) is 3.20. The smallest absolute Gasteiger partial charge is 0.335 e. The number of aryl methyl sites for hydroxylation is 2. The van der Waals surface area contributed by atoms with E-state index in [9.17, 15) is 4.79 Å². The van der Waals surface area contributed by atoms with E-state index in [4.69, 9.17) is 5.11 Å². The molecule has 0 aliphatic carbocycles. The molecule has 94 valence electrons. The molecule has 0 aromatic carbocycles. The SMILES string of the molecule is Cc1ncsc1CCSc1cc(C(=O)O)ccn1. The Bertz CT molecular complexity index is 555. The van der Waals surface area contributed by atoms with E-state index in [-0.39, 0.29) is 5.56 Å². The minimum Gasteiger partial charge on any atom is -0.478 e. The molecule has 0 saturated heterocycles. The molecule has 1 N–H and O–H groups in total. The van der Waals surface area contributed by atoms with E-state index in [1.807, 2.05) is 12.4 Å². The minimum absolute atomic E-state index is 0.279. The molecule has 0 radical (unpaired) electrons. The van der Waals surface area contributed by atoms with Crippen LogP contribution in [0.1, 0.15) is 20.9 Å². The Hall–Kier alpha value is -1.40. The largest absolute Gasteiger partial charge is 0.478 e. The van der Waals surface area contributed by atoms with E-state index in [0.29, 0.717) is 0 Å². The Labute approximate surface area is 113 Å². The van der Waals surface area contributed by atoms with Crippen molar-refractivity contribution in [1.29, 1.82) is 0 Å². The molecule has 2 rings (SSSR count). The molecule has 0 saturated carbocycles. The van der Waals surface area contributed by atoms with Crippen molar-refractivity contribution < 1.29 is 9.90 Å². The molecule has 2 aromatic rings. The van der Waals surface area contributed by atoms with Crippen LogP contribution >= 0.6 is 23.1 Å². The van der Waals surface area contributed by atoms with Gasteiger partial charge in [-0.25, -0.2) is 14.8 Å². The van der Waals surface area contributed by atoms with Crippen molar-refractivity contribution in [3.05, 3.63) is 40.0 Å². The highest BCUT2D eigenvalue weighted by molar-refractivity contribution is 7.99. The molecule has 0 spiro atoms. The number of pyridine rings is 1. The van der Waals surface area contributed by atoms with Crippen LogP contribution in [-0.4, -0.2) is 26.8 Å². The molecular formula is C12H12N2O2S2. The Morgan fingerprint density at radius 1 is 1.50 bits per heavy atom. The number of aromatic nitrogens is 2. The third-order valence-corrected chi connectivity index (χ3v) is 4.33. The molecule has 6 heteroatoms. The summed E-state index contributed by atoms with van der Waals surface area (Å²) in [6.45, 7) is 2.00. The maximum Gasteiger partial charge on any atom is 0.335 e. The number of carbonyl (C=O) groups is 1. The molecule has 0 aliphatic rings. The summed E-state index contributed by atoms with van der Waals surface area (Å²) in [6.07, 6.45) is 2.46. The van der Waals surface area contributed by atoms with Crippen LogP contribution in [0.3, 0.4) is 0 Å². The number of nitrogens with zero attached hydrogens (tertiary/aromatic N) is 2. The average molecular weight is 280 g/mol. The van der Waals surface area contributed by atoms with Gasteiger partial charge in [0, 0.05) is 16.8 Å². The second-order valence-electron chi connectivity index (χ2n) is 3.65. The predicted octanol–water partition coefficient (Wildman–Crippen LogP) is 2.88. The average Bonchev–Trinajstić information content (AvgIpc) is 2.76. The maximum absolute atomic E-state index is 10.8. The van der Waals surface area contributed by atoms with Gasteiger partial charge in [0.05, 0.1) is 21.8 Å². The van der Waals surface area contributed by atoms with Crippen LogP contribution in [-0.2, 0) is 6.42 Å². The standard InChI is InChI=1S/C12H12N2O2S2/c1-8-10(18-7-14-8)3-5-17-11-6-9(12(15)16)2-4-13-11/h2,4,6-7H,3,5H2,1H3,(H,15,16). The van der Waals surface area contributed by atoms with E-state index in [2.05, 4.69) is 9.97 Å². The predicted molar refractivity (Wildman–Crippen MR) is 72.5 cm³/mol. The third kappa shape index (κ3) is 3.30. The van der Waals surface area contributed by atoms with Gasteiger partial charge >= 0.3 is 5.97 Å². The molecule has 0 unspecified atom stereocenters. The molecule has 0 atom stereocenters. The number of aromatic carboxylic acids is 1. The molecule has 0 amide bonds. The highest BCUT2D eigenvalue weighted by Crippen LogP contribution is 2.20. The minimum atomic E-state index is -0.919. The molecule has 0 aliphatic heterocycles. The van der Waals surface area contributed by atoms with Crippen LogP contribution in [0.15, 0.2) is 28.9 Å². The Kier molecular flexibility index (Phi) is 4.33.